The van der Waals surface area contributed by atoms with Crippen molar-refractivity contribution in [1.82, 2.24) is 0 Å². The maximum atomic E-state index is 13.0. The predicted octanol–water partition coefficient (Wildman–Crippen LogP) is 7.57. The molecule has 4 rings (SSSR count). The minimum absolute atomic E-state index is 0.155. The van der Waals surface area contributed by atoms with E-state index < -0.39 is 6.09 Å². The second kappa shape index (κ2) is 10.4. The third-order valence-corrected chi connectivity index (χ3v) is 5.10. The average Bonchev–Trinajstić information content (AvgIpc) is 2.85. The molecule has 1 amide bonds. The first kappa shape index (κ1) is 22.1. The molecule has 0 unspecified atom stereocenters. The van der Waals surface area contributed by atoms with Crippen molar-refractivity contribution in [3.63, 3.8) is 0 Å². The van der Waals surface area contributed by atoms with Crippen molar-refractivity contribution in [2.75, 3.05) is 4.90 Å². The molecular weight excluding hydrogens is 434 g/mol. The molecule has 0 aromatic heterocycles. The highest BCUT2D eigenvalue weighted by atomic mass is 35.5. The van der Waals surface area contributed by atoms with Crippen LogP contribution in [0.4, 0.5) is 16.2 Å². The van der Waals surface area contributed by atoms with E-state index in [1.54, 1.807) is 42.5 Å². The maximum absolute atomic E-state index is 13.0. The lowest BCUT2D eigenvalue weighted by atomic mass is 10.1. The quantitative estimate of drug-likeness (QED) is 0.223. The van der Waals surface area contributed by atoms with Crippen molar-refractivity contribution in [2.45, 2.75) is 0 Å². The smallest absolute Gasteiger partial charge is 0.410 e. The molecule has 0 aliphatic carbocycles. The van der Waals surface area contributed by atoms with Crippen LogP contribution >= 0.6 is 11.6 Å². The Bertz CT molecular complexity index is 1210. The fourth-order valence-corrected chi connectivity index (χ4v) is 3.32. The number of rotatable bonds is 6. The van der Waals surface area contributed by atoms with Gasteiger partial charge in [-0.05, 0) is 72.3 Å². The number of allylic oxidation sites excluding steroid dienone is 1. The van der Waals surface area contributed by atoms with Gasteiger partial charge in [-0.25, -0.2) is 9.69 Å². The normalized spacial score (nSPS) is 10.7. The van der Waals surface area contributed by atoms with Crippen LogP contribution in [0, 0.1) is 0 Å². The molecule has 0 atom stereocenters. The van der Waals surface area contributed by atoms with Gasteiger partial charge in [0.15, 0.2) is 5.78 Å². The highest BCUT2D eigenvalue weighted by Crippen LogP contribution is 2.27. The van der Waals surface area contributed by atoms with E-state index in [0.717, 1.165) is 5.56 Å². The van der Waals surface area contributed by atoms with Gasteiger partial charge in [0.1, 0.15) is 5.75 Å². The Morgan fingerprint density at radius 3 is 1.79 bits per heavy atom. The van der Waals surface area contributed by atoms with Crippen molar-refractivity contribution in [2.24, 2.45) is 0 Å². The monoisotopic (exact) mass is 453 g/mol. The van der Waals surface area contributed by atoms with E-state index in [1.165, 1.54) is 11.0 Å². The Hall–Kier alpha value is -4.15. The molecule has 4 aromatic rings. The zero-order valence-corrected chi connectivity index (χ0v) is 18.4. The Balaban J connectivity index is 1.47. The van der Waals surface area contributed by atoms with E-state index in [4.69, 9.17) is 16.3 Å². The van der Waals surface area contributed by atoms with E-state index in [9.17, 15) is 9.59 Å². The van der Waals surface area contributed by atoms with Crippen molar-refractivity contribution in [1.29, 1.82) is 0 Å². The molecule has 0 radical (unpaired) electrons. The third-order valence-electron chi connectivity index (χ3n) is 4.85. The molecule has 0 spiro atoms. The molecule has 5 heteroatoms. The first-order chi connectivity index (χ1) is 16.1. The molecule has 0 saturated carbocycles. The summed E-state index contributed by atoms with van der Waals surface area (Å²) in [6.45, 7) is 0. The fraction of sp³-hybridized carbons (Fsp3) is 0. The Labute approximate surface area is 197 Å². The summed E-state index contributed by atoms with van der Waals surface area (Å²) in [7, 11) is 0. The number of hydrogen-bond donors (Lipinski definition) is 0. The number of halogens is 1. The molecule has 4 aromatic carbocycles. The van der Waals surface area contributed by atoms with E-state index in [2.05, 4.69) is 0 Å². The number of anilines is 2. The van der Waals surface area contributed by atoms with Crippen molar-refractivity contribution in [3.05, 3.63) is 131 Å². The Morgan fingerprint density at radius 1 is 0.697 bits per heavy atom. The van der Waals surface area contributed by atoms with E-state index in [-0.39, 0.29) is 5.78 Å². The molecule has 162 valence electrons. The Morgan fingerprint density at radius 2 is 1.24 bits per heavy atom. The lowest BCUT2D eigenvalue weighted by Gasteiger charge is -2.22. The lowest BCUT2D eigenvalue weighted by molar-refractivity contribution is 0.104. The van der Waals surface area contributed by atoms with Crippen molar-refractivity contribution < 1.29 is 14.3 Å². The van der Waals surface area contributed by atoms with Crippen LogP contribution in [0.3, 0.4) is 0 Å². The number of hydrogen-bond acceptors (Lipinski definition) is 3. The van der Waals surface area contributed by atoms with Gasteiger partial charge in [0.05, 0.1) is 11.4 Å². The van der Waals surface area contributed by atoms with Crippen LogP contribution < -0.4 is 9.64 Å². The second-order valence-corrected chi connectivity index (χ2v) is 7.58. The number of para-hydroxylation sites is 2. The van der Waals surface area contributed by atoms with E-state index >= 15 is 0 Å². The molecule has 0 aliphatic rings. The molecule has 0 aliphatic heterocycles. The van der Waals surface area contributed by atoms with E-state index in [0.29, 0.717) is 27.7 Å². The van der Waals surface area contributed by atoms with Gasteiger partial charge in [0, 0.05) is 10.6 Å². The third kappa shape index (κ3) is 5.76. The van der Waals surface area contributed by atoms with Crippen LogP contribution in [0.2, 0.25) is 5.02 Å². The number of amides is 1. The second-order valence-electron chi connectivity index (χ2n) is 7.15. The minimum Gasteiger partial charge on any atom is -0.410 e. The number of ketones is 1. The Kier molecular flexibility index (Phi) is 6.98. The average molecular weight is 454 g/mol. The van der Waals surface area contributed by atoms with Crippen LogP contribution in [0.5, 0.6) is 5.75 Å². The van der Waals surface area contributed by atoms with Gasteiger partial charge in [-0.1, -0.05) is 66.2 Å². The number of carbonyl (C=O) groups is 2. The largest absolute Gasteiger partial charge is 0.424 e. The summed E-state index contributed by atoms with van der Waals surface area (Å²) < 4.78 is 5.61. The summed E-state index contributed by atoms with van der Waals surface area (Å²) in [5.41, 5.74) is 2.74. The predicted molar refractivity (Wildman–Crippen MR) is 132 cm³/mol. The zero-order chi connectivity index (χ0) is 23.0. The van der Waals surface area contributed by atoms with Crippen LogP contribution in [0.1, 0.15) is 15.9 Å². The lowest BCUT2D eigenvalue weighted by Crippen LogP contribution is -2.29. The van der Waals surface area contributed by atoms with Gasteiger partial charge in [-0.3, -0.25) is 4.79 Å². The highest BCUT2D eigenvalue weighted by Gasteiger charge is 2.20. The van der Waals surface area contributed by atoms with Gasteiger partial charge in [-0.15, -0.1) is 0 Å². The number of nitrogens with zero attached hydrogens (tertiary/aromatic N) is 1. The van der Waals surface area contributed by atoms with Gasteiger partial charge < -0.3 is 4.74 Å². The zero-order valence-electron chi connectivity index (χ0n) is 17.6. The minimum atomic E-state index is -0.547. The van der Waals surface area contributed by atoms with Gasteiger partial charge in [0.2, 0.25) is 0 Å². The van der Waals surface area contributed by atoms with E-state index in [1.807, 2.05) is 72.8 Å². The number of benzene rings is 4. The van der Waals surface area contributed by atoms with Gasteiger partial charge in [0.25, 0.3) is 0 Å². The first-order valence-corrected chi connectivity index (χ1v) is 10.7. The van der Waals surface area contributed by atoms with Crippen LogP contribution in [-0.4, -0.2) is 11.9 Å². The molecule has 33 heavy (non-hydrogen) atoms. The summed E-state index contributed by atoms with van der Waals surface area (Å²) in [6.07, 6.45) is 2.68. The summed E-state index contributed by atoms with van der Waals surface area (Å²) in [6, 6.07) is 32.2. The van der Waals surface area contributed by atoms with Crippen LogP contribution in [-0.2, 0) is 0 Å². The van der Waals surface area contributed by atoms with Crippen LogP contribution in [0.25, 0.3) is 6.08 Å². The standard InChI is InChI=1S/C28H20ClNO3/c29-23-16-11-21(12-17-23)13-20-27(31)22-14-18-26(19-15-22)33-28(32)30(24-7-3-1-4-8-24)25-9-5-2-6-10-25/h1-20H/b20-13+. The molecule has 0 N–H and O–H groups in total. The SMILES string of the molecule is O=C(/C=C/c1ccc(Cl)cc1)c1ccc(OC(=O)N(c2ccccc2)c2ccccc2)cc1. The summed E-state index contributed by atoms with van der Waals surface area (Å²) in [5.74, 6) is 0.188. The van der Waals surface area contributed by atoms with Crippen molar-refractivity contribution >= 4 is 40.9 Å². The molecule has 0 bridgehead atoms. The summed E-state index contributed by atoms with van der Waals surface area (Å²) in [5, 5.41) is 0.640. The molecule has 0 heterocycles. The fourth-order valence-electron chi connectivity index (χ4n) is 3.19. The number of ether oxygens (including phenoxy) is 1. The molecular formula is C28H20ClNO3. The maximum Gasteiger partial charge on any atom is 0.424 e. The van der Waals surface area contributed by atoms with Crippen molar-refractivity contribution in [3.8, 4) is 5.75 Å². The molecule has 0 saturated heterocycles. The first-order valence-electron chi connectivity index (χ1n) is 10.3. The van der Waals surface area contributed by atoms with Gasteiger partial charge >= 0.3 is 6.09 Å². The highest BCUT2D eigenvalue weighted by molar-refractivity contribution is 6.30. The molecule has 4 nitrogen and oxygen atoms in total. The topological polar surface area (TPSA) is 46.6 Å². The molecule has 0 fully saturated rings. The summed E-state index contributed by atoms with van der Waals surface area (Å²) in [4.78, 5) is 27.0. The number of carbonyl (C=O) groups excluding carboxylic acids is 2. The van der Waals surface area contributed by atoms with Crippen LogP contribution in [0.15, 0.2) is 115 Å². The summed E-state index contributed by atoms with van der Waals surface area (Å²) >= 11 is 5.88. The van der Waals surface area contributed by atoms with Gasteiger partial charge in [-0.2, -0.15) is 0 Å².